The van der Waals surface area contributed by atoms with Gasteiger partial charge >= 0.3 is 11.7 Å². The number of aryl methyl sites for hydroxylation is 1. The zero-order valence-corrected chi connectivity index (χ0v) is 6.44. The van der Waals surface area contributed by atoms with E-state index in [1.807, 2.05) is 0 Å². The van der Waals surface area contributed by atoms with Gasteiger partial charge in [-0.15, -0.1) is 0 Å². The molecule has 4 nitrogen and oxygen atoms in total. The third-order valence-corrected chi connectivity index (χ3v) is 1.35. The minimum absolute atomic E-state index is 0.374. The summed E-state index contributed by atoms with van der Waals surface area (Å²) in [6.45, 7) is 0. The molecule has 11 heavy (non-hydrogen) atoms. The van der Waals surface area contributed by atoms with E-state index in [1.165, 1.54) is 13.3 Å². The molecule has 1 rings (SSSR count). The topological polar surface area (TPSA) is 43.1 Å². The molecule has 0 aliphatic rings. The van der Waals surface area contributed by atoms with Crippen molar-refractivity contribution in [3.63, 3.8) is 0 Å². The van der Waals surface area contributed by atoms with Crippen LogP contribution in [-0.4, -0.2) is 18.1 Å². The number of hydrogen-bond donors (Lipinski definition) is 0. The summed E-state index contributed by atoms with van der Waals surface area (Å²) in [6.07, 6.45) is 4.75. The average molecular weight is 153 g/mol. The van der Waals surface area contributed by atoms with Crippen LogP contribution in [0.4, 0.5) is 0 Å². The lowest BCUT2D eigenvalue weighted by Gasteiger charge is -1.94. The molecule has 0 atom stereocenters. The summed E-state index contributed by atoms with van der Waals surface area (Å²) < 4.78 is 6.17. The predicted octanol–water partition coefficient (Wildman–Crippen LogP) is -0.307. The Morgan fingerprint density at radius 1 is 1.73 bits per heavy atom. The maximum absolute atomic E-state index is 11.0. The number of nitrogens with zero attached hydrogens (tertiary/aromatic N) is 2. The average Bonchev–Trinajstić information content (AvgIpc) is 2.04. The monoisotopic (exact) mass is 153 g/mol. The van der Waals surface area contributed by atoms with Crippen molar-refractivity contribution in [1.82, 2.24) is 4.98 Å². The Morgan fingerprint density at radius 2 is 2.45 bits per heavy atom. The highest BCUT2D eigenvalue weighted by Gasteiger charge is 2.15. The van der Waals surface area contributed by atoms with E-state index in [0.717, 1.165) is 0 Å². The van der Waals surface area contributed by atoms with Crippen LogP contribution < -0.4 is 4.57 Å². The fourth-order valence-electron chi connectivity index (χ4n) is 0.725. The van der Waals surface area contributed by atoms with Crippen LogP contribution in [0.1, 0.15) is 10.5 Å². The second-order valence-corrected chi connectivity index (χ2v) is 2.06. The highest BCUT2D eigenvalue weighted by molar-refractivity contribution is 5.85. The second-order valence-electron chi connectivity index (χ2n) is 2.06. The molecule has 1 aromatic heterocycles. The van der Waals surface area contributed by atoms with Crippen LogP contribution in [-0.2, 0) is 11.8 Å². The quantitative estimate of drug-likeness (QED) is 0.410. The lowest BCUT2D eigenvalue weighted by atomic mass is 10.4. The third kappa shape index (κ3) is 1.52. The number of esters is 1. The SMILES string of the molecule is COC(=O)c1cncc[n+]1C. The normalized spacial score (nSPS) is 9.27. The van der Waals surface area contributed by atoms with Crippen molar-refractivity contribution in [3.8, 4) is 0 Å². The first kappa shape index (κ1) is 7.65. The van der Waals surface area contributed by atoms with Crippen LogP contribution in [0.2, 0.25) is 0 Å². The molecule has 0 aliphatic carbocycles. The predicted molar refractivity (Wildman–Crippen MR) is 36.8 cm³/mol. The van der Waals surface area contributed by atoms with Crippen LogP contribution in [0.3, 0.4) is 0 Å². The summed E-state index contributed by atoms with van der Waals surface area (Å²) >= 11 is 0. The van der Waals surface area contributed by atoms with E-state index in [2.05, 4.69) is 9.72 Å². The number of aromatic nitrogens is 2. The molecule has 0 fully saturated rings. The zero-order valence-electron chi connectivity index (χ0n) is 6.44. The maximum Gasteiger partial charge on any atom is 0.405 e. The number of carbonyl (C=O) groups is 1. The Morgan fingerprint density at radius 3 is 3.00 bits per heavy atom. The van der Waals surface area contributed by atoms with Crippen LogP contribution in [0.25, 0.3) is 0 Å². The molecule has 4 heteroatoms. The number of hydrogen-bond acceptors (Lipinski definition) is 3. The molecule has 1 heterocycles. The van der Waals surface area contributed by atoms with E-state index < -0.39 is 0 Å². The third-order valence-electron chi connectivity index (χ3n) is 1.35. The minimum Gasteiger partial charge on any atom is -0.461 e. The molecule has 0 radical (unpaired) electrons. The molecule has 0 saturated carbocycles. The Bertz CT molecular complexity index is 273. The van der Waals surface area contributed by atoms with Crippen LogP contribution in [0.5, 0.6) is 0 Å². The van der Waals surface area contributed by atoms with Crippen molar-refractivity contribution in [2.75, 3.05) is 7.11 Å². The molecular weight excluding hydrogens is 144 g/mol. The molecular formula is C7H9N2O2+. The summed E-state index contributed by atoms with van der Waals surface area (Å²) in [5.74, 6) is -0.374. The molecule has 0 aliphatic heterocycles. The van der Waals surface area contributed by atoms with Gasteiger partial charge in [-0.2, -0.15) is 4.57 Å². The van der Waals surface area contributed by atoms with Gasteiger partial charge in [-0.25, -0.2) is 4.79 Å². The molecule has 0 unspecified atom stereocenters. The maximum atomic E-state index is 11.0. The highest BCUT2D eigenvalue weighted by Crippen LogP contribution is 1.88. The summed E-state index contributed by atoms with van der Waals surface area (Å²) in [6, 6.07) is 0. The van der Waals surface area contributed by atoms with Crippen molar-refractivity contribution >= 4 is 5.97 Å². The summed E-state index contributed by atoms with van der Waals surface area (Å²) in [5, 5.41) is 0. The van der Waals surface area contributed by atoms with Crippen molar-refractivity contribution in [3.05, 3.63) is 24.3 Å². The molecule has 0 saturated heterocycles. The van der Waals surface area contributed by atoms with Gasteiger partial charge in [0.2, 0.25) is 0 Å². The van der Waals surface area contributed by atoms with Gasteiger partial charge < -0.3 is 4.74 Å². The Kier molecular flexibility index (Phi) is 2.15. The number of methoxy groups -OCH3 is 1. The largest absolute Gasteiger partial charge is 0.461 e. The highest BCUT2D eigenvalue weighted by atomic mass is 16.5. The van der Waals surface area contributed by atoms with Gasteiger partial charge in [0, 0.05) is 0 Å². The first-order valence-corrected chi connectivity index (χ1v) is 3.13. The van der Waals surface area contributed by atoms with Gasteiger partial charge in [0.25, 0.3) is 0 Å². The molecule has 0 N–H and O–H groups in total. The molecule has 0 aromatic carbocycles. The smallest absolute Gasteiger partial charge is 0.405 e. The van der Waals surface area contributed by atoms with Gasteiger partial charge in [0.15, 0.2) is 6.20 Å². The van der Waals surface area contributed by atoms with E-state index >= 15 is 0 Å². The van der Waals surface area contributed by atoms with E-state index in [4.69, 9.17) is 0 Å². The zero-order chi connectivity index (χ0) is 8.27. The number of carbonyl (C=O) groups excluding carboxylic acids is 1. The Balaban J connectivity index is 3.03. The lowest BCUT2D eigenvalue weighted by molar-refractivity contribution is -0.674. The summed E-state index contributed by atoms with van der Waals surface area (Å²) in [5.41, 5.74) is 0.440. The van der Waals surface area contributed by atoms with Crippen LogP contribution in [0, 0.1) is 0 Å². The van der Waals surface area contributed by atoms with Gasteiger partial charge in [-0.05, 0) is 0 Å². The van der Waals surface area contributed by atoms with Gasteiger partial charge in [0.05, 0.1) is 13.3 Å². The lowest BCUT2D eigenvalue weighted by Crippen LogP contribution is -2.36. The van der Waals surface area contributed by atoms with E-state index in [-0.39, 0.29) is 5.97 Å². The second kappa shape index (κ2) is 3.09. The minimum atomic E-state index is -0.374. The van der Waals surface area contributed by atoms with E-state index in [0.29, 0.717) is 5.69 Å². The standard InChI is InChI=1S/C7H9N2O2/c1-9-4-3-8-5-6(9)7(10)11-2/h3-5H,1-2H3/q+1. The molecule has 0 amide bonds. The number of ether oxygens (including phenoxy) is 1. The van der Waals surface area contributed by atoms with Gasteiger partial charge in [0.1, 0.15) is 13.2 Å². The van der Waals surface area contributed by atoms with Crippen molar-refractivity contribution in [2.45, 2.75) is 0 Å². The van der Waals surface area contributed by atoms with E-state index in [9.17, 15) is 4.79 Å². The molecule has 1 aromatic rings. The fraction of sp³-hybridized carbons (Fsp3) is 0.286. The van der Waals surface area contributed by atoms with Crippen molar-refractivity contribution < 1.29 is 14.1 Å². The van der Waals surface area contributed by atoms with Crippen molar-refractivity contribution in [1.29, 1.82) is 0 Å². The molecule has 58 valence electrons. The first-order chi connectivity index (χ1) is 5.25. The summed E-state index contributed by atoms with van der Waals surface area (Å²) in [7, 11) is 3.10. The first-order valence-electron chi connectivity index (χ1n) is 3.13. The summed E-state index contributed by atoms with van der Waals surface area (Å²) in [4.78, 5) is 14.7. The Hall–Kier alpha value is -1.45. The van der Waals surface area contributed by atoms with Gasteiger partial charge in [-0.1, -0.05) is 0 Å². The van der Waals surface area contributed by atoms with Crippen molar-refractivity contribution in [2.24, 2.45) is 7.05 Å². The van der Waals surface area contributed by atoms with Gasteiger partial charge in [-0.3, -0.25) is 4.98 Å². The number of rotatable bonds is 1. The molecule has 0 spiro atoms. The molecule has 0 bridgehead atoms. The fourth-order valence-corrected chi connectivity index (χ4v) is 0.725. The van der Waals surface area contributed by atoms with E-state index in [1.54, 1.807) is 24.0 Å². The van der Waals surface area contributed by atoms with Crippen LogP contribution >= 0.6 is 0 Å². The van der Waals surface area contributed by atoms with Crippen LogP contribution in [0.15, 0.2) is 18.6 Å². The Labute approximate surface area is 64.5 Å².